The van der Waals surface area contributed by atoms with Crippen LogP contribution in [0.5, 0.6) is 0 Å². The Kier molecular flexibility index (Phi) is 6.05. The number of urea groups is 1. The summed E-state index contributed by atoms with van der Waals surface area (Å²) < 4.78 is 0.714. The Hall–Kier alpha value is -1.31. The highest BCUT2D eigenvalue weighted by Crippen LogP contribution is 2.26. The standard InChI is InChI=1S/C14H21ClN4O2S/c1-9(11-2-3-12(15)22-11)17-14(21)18-10-4-6-19(7-5-10)8-13(16)20/h2-3,9-10H,4-8H2,1H3,(H2,16,20)(H2,17,18,21)/t9-/m1/s1. The Morgan fingerprint density at radius 3 is 2.68 bits per heavy atom. The maximum atomic E-state index is 12.0. The number of thiophene rings is 1. The van der Waals surface area contributed by atoms with E-state index in [2.05, 4.69) is 10.6 Å². The van der Waals surface area contributed by atoms with Gasteiger partial charge in [-0.1, -0.05) is 11.6 Å². The van der Waals surface area contributed by atoms with Gasteiger partial charge in [-0.2, -0.15) is 0 Å². The van der Waals surface area contributed by atoms with E-state index >= 15 is 0 Å². The molecule has 0 saturated carbocycles. The second kappa shape index (κ2) is 7.80. The molecule has 2 rings (SSSR count). The number of hydrogen-bond acceptors (Lipinski definition) is 4. The van der Waals surface area contributed by atoms with Gasteiger partial charge in [0.2, 0.25) is 5.91 Å². The molecule has 1 saturated heterocycles. The topological polar surface area (TPSA) is 87.5 Å². The Morgan fingerprint density at radius 1 is 1.45 bits per heavy atom. The smallest absolute Gasteiger partial charge is 0.315 e. The summed E-state index contributed by atoms with van der Waals surface area (Å²) in [6, 6.07) is 3.62. The second-order valence-electron chi connectivity index (χ2n) is 5.50. The SMILES string of the molecule is C[C@@H](NC(=O)NC1CCN(CC(N)=O)CC1)c1ccc(Cl)s1. The molecule has 0 spiro atoms. The molecule has 0 aromatic carbocycles. The van der Waals surface area contributed by atoms with Crippen molar-refractivity contribution in [3.05, 3.63) is 21.3 Å². The van der Waals surface area contributed by atoms with Gasteiger partial charge in [-0.3, -0.25) is 9.69 Å². The molecule has 0 unspecified atom stereocenters. The maximum absolute atomic E-state index is 12.0. The van der Waals surface area contributed by atoms with Crippen molar-refractivity contribution in [2.45, 2.75) is 31.8 Å². The van der Waals surface area contributed by atoms with Gasteiger partial charge in [0.05, 0.1) is 16.9 Å². The molecule has 0 aliphatic carbocycles. The molecule has 8 heteroatoms. The van der Waals surface area contributed by atoms with Crippen LogP contribution in [0.4, 0.5) is 4.79 Å². The molecule has 1 atom stereocenters. The van der Waals surface area contributed by atoms with Crippen molar-refractivity contribution in [1.29, 1.82) is 0 Å². The number of piperidine rings is 1. The van der Waals surface area contributed by atoms with Crippen molar-refractivity contribution in [3.8, 4) is 0 Å². The van der Waals surface area contributed by atoms with E-state index in [-0.39, 0.29) is 30.6 Å². The van der Waals surface area contributed by atoms with Crippen molar-refractivity contribution in [2.24, 2.45) is 5.73 Å². The van der Waals surface area contributed by atoms with Crippen LogP contribution in [0.2, 0.25) is 4.34 Å². The normalized spacial score (nSPS) is 17.9. The van der Waals surface area contributed by atoms with Crippen molar-refractivity contribution >= 4 is 34.9 Å². The van der Waals surface area contributed by atoms with Crippen molar-refractivity contribution in [1.82, 2.24) is 15.5 Å². The third kappa shape index (κ3) is 5.15. The van der Waals surface area contributed by atoms with Crippen molar-refractivity contribution in [3.63, 3.8) is 0 Å². The molecule has 1 fully saturated rings. The van der Waals surface area contributed by atoms with E-state index in [0.717, 1.165) is 30.8 Å². The fraction of sp³-hybridized carbons (Fsp3) is 0.571. The number of carbonyl (C=O) groups is 2. The van der Waals surface area contributed by atoms with E-state index in [0.29, 0.717) is 4.34 Å². The van der Waals surface area contributed by atoms with Crippen LogP contribution in [0.25, 0.3) is 0 Å². The molecule has 1 aliphatic heterocycles. The summed E-state index contributed by atoms with van der Waals surface area (Å²) in [4.78, 5) is 25.9. The molecule has 2 heterocycles. The quantitative estimate of drug-likeness (QED) is 0.760. The lowest BCUT2D eigenvalue weighted by molar-refractivity contribution is -0.119. The van der Waals surface area contributed by atoms with E-state index in [1.54, 1.807) is 0 Å². The molecular formula is C14H21ClN4O2S. The van der Waals surface area contributed by atoms with Gasteiger partial charge in [0.25, 0.3) is 0 Å². The number of amides is 3. The maximum Gasteiger partial charge on any atom is 0.315 e. The number of nitrogens with zero attached hydrogens (tertiary/aromatic N) is 1. The van der Waals surface area contributed by atoms with E-state index < -0.39 is 0 Å². The van der Waals surface area contributed by atoms with Crippen molar-refractivity contribution in [2.75, 3.05) is 19.6 Å². The van der Waals surface area contributed by atoms with Crippen LogP contribution in [0.1, 0.15) is 30.7 Å². The summed E-state index contributed by atoms with van der Waals surface area (Å²) in [5.74, 6) is -0.312. The third-order valence-corrected chi connectivity index (χ3v) is 5.08. The van der Waals surface area contributed by atoms with E-state index in [1.807, 2.05) is 24.0 Å². The number of halogens is 1. The summed E-state index contributed by atoms with van der Waals surface area (Å²) in [5.41, 5.74) is 5.18. The minimum absolute atomic E-state index is 0.0764. The second-order valence-corrected chi connectivity index (χ2v) is 7.24. The fourth-order valence-electron chi connectivity index (χ4n) is 2.51. The number of primary amides is 1. The Labute approximate surface area is 139 Å². The molecular weight excluding hydrogens is 324 g/mol. The molecule has 1 aromatic rings. The van der Waals surface area contributed by atoms with Crippen LogP contribution in [0, 0.1) is 0 Å². The highest BCUT2D eigenvalue weighted by atomic mass is 35.5. The number of rotatable bonds is 5. The van der Waals surface area contributed by atoms with Crippen LogP contribution in [-0.4, -0.2) is 42.5 Å². The van der Waals surface area contributed by atoms with Gasteiger partial charge in [0, 0.05) is 24.0 Å². The van der Waals surface area contributed by atoms with Crippen LogP contribution < -0.4 is 16.4 Å². The first-order valence-electron chi connectivity index (χ1n) is 7.27. The van der Waals surface area contributed by atoms with Gasteiger partial charge >= 0.3 is 6.03 Å². The monoisotopic (exact) mass is 344 g/mol. The lowest BCUT2D eigenvalue weighted by Gasteiger charge is -2.31. The predicted octanol–water partition coefficient (Wildman–Crippen LogP) is 1.71. The first-order chi connectivity index (χ1) is 10.4. The van der Waals surface area contributed by atoms with Crippen LogP contribution in [-0.2, 0) is 4.79 Å². The van der Waals surface area contributed by atoms with Crippen LogP contribution >= 0.6 is 22.9 Å². The van der Waals surface area contributed by atoms with Gasteiger partial charge in [-0.05, 0) is 31.9 Å². The Balaban J connectivity index is 1.73. The van der Waals surface area contributed by atoms with Crippen LogP contribution in [0.3, 0.4) is 0 Å². The Bertz CT molecular complexity index is 529. The van der Waals surface area contributed by atoms with Gasteiger partial charge in [-0.15, -0.1) is 11.3 Å². The van der Waals surface area contributed by atoms with E-state index in [9.17, 15) is 9.59 Å². The number of hydrogen-bond donors (Lipinski definition) is 3. The number of nitrogens with two attached hydrogens (primary N) is 1. The number of carbonyl (C=O) groups excluding carboxylic acids is 2. The average molecular weight is 345 g/mol. The molecule has 0 bridgehead atoms. The van der Waals surface area contributed by atoms with E-state index in [1.165, 1.54) is 11.3 Å². The summed E-state index contributed by atoms with van der Waals surface area (Å²) >= 11 is 7.36. The number of likely N-dealkylation sites (tertiary alicyclic amines) is 1. The lowest BCUT2D eigenvalue weighted by atomic mass is 10.1. The molecule has 3 amide bonds. The molecule has 22 heavy (non-hydrogen) atoms. The van der Waals surface area contributed by atoms with Gasteiger partial charge < -0.3 is 16.4 Å². The molecule has 122 valence electrons. The van der Waals surface area contributed by atoms with Gasteiger partial charge in [0.1, 0.15) is 0 Å². The summed E-state index contributed by atoms with van der Waals surface area (Å²) in [7, 11) is 0. The minimum atomic E-state index is -0.312. The summed E-state index contributed by atoms with van der Waals surface area (Å²) in [6.07, 6.45) is 1.64. The van der Waals surface area contributed by atoms with Crippen molar-refractivity contribution < 1.29 is 9.59 Å². The molecule has 4 N–H and O–H groups in total. The van der Waals surface area contributed by atoms with E-state index in [4.69, 9.17) is 17.3 Å². The summed E-state index contributed by atoms with van der Waals surface area (Å²) in [6.45, 7) is 3.75. The Morgan fingerprint density at radius 2 is 2.14 bits per heavy atom. The highest BCUT2D eigenvalue weighted by molar-refractivity contribution is 7.16. The molecule has 0 radical (unpaired) electrons. The zero-order valence-corrected chi connectivity index (χ0v) is 14.0. The third-order valence-electron chi connectivity index (χ3n) is 3.67. The molecule has 6 nitrogen and oxygen atoms in total. The largest absolute Gasteiger partial charge is 0.369 e. The highest BCUT2D eigenvalue weighted by Gasteiger charge is 2.22. The molecule has 1 aromatic heterocycles. The van der Waals surface area contributed by atoms with Gasteiger partial charge in [-0.25, -0.2) is 4.79 Å². The van der Waals surface area contributed by atoms with Gasteiger partial charge in [0.15, 0.2) is 0 Å². The lowest BCUT2D eigenvalue weighted by Crippen LogP contribution is -2.49. The average Bonchev–Trinajstić information content (AvgIpc) is 2.87. The number of nitrogens with one attached hydrogen (secondary N) is 2. The first kappa shape index (κ1) is 17.1. The minimum Gasteiger partial charge on any atom is -0.369 e. The molecule has 1 aliphatic rings. The fourth-order valence-corrected chi connectivity index (χ4v) is 3.57. The predicted molar refractivity (Wildman–Crippen MR) is 88.1 cm³/mol. The first-order valence-corrected chi connectivity index (χ1v) is 8.46. The van der Waals surface area contributed by atoms with Crippen LogP contribution in [0.15, 0.2) is 12.1 Å². The zero-order valence-electron chi connectivity index (χ0n) is 12.5. The summed E-state index contributed by atoms with van der Waals surface area (Å²) in [5, 5.41) is 5.89. The zero-order chi connectivity index (χ0) is 16.1.